The lowest BCUT2D eigenvalue weighted by molar-refractivity contribution is -0.135. The molecule has 0 aliphatic carbocycles. The fraction of sp³-hybridized carbons (Fsp3) is 0.500. The third-order valence-corrected chi connectivity index (χ3v) is 8.51. The molecule has 4 N–H and O–H groups in total. The molecule has 0 radical (unpaired) electrons. The van der Waals surface area contributed by atoms with E-state index in [0.717, 1.165) is 0 Å². The van der Waals surface area contributed by atoms with Crippen molar-refractivity contribution < 1.29 is 48.8 Å². The lowest BCUT2D eigenvalue weighted by Gasteiger charge is -2.19. The molecule has 0 bridgehead atoms. The van der Waals surface area contributed by atoms with Crippen molar-refractivity contribution in [2.45, 2.75) is 3.41 Å². The summed E-state index contributed by atoms with van der Waals surface area (Å²) in [6.45, 7) is 0. The molecular weight excluding hydrogens is 328 g/mol. The van der Waals surface area contributed by atoms with Crippen molar-refractivity contribution in [1.29, 1.82) is 0 Å². The SMILES string of the molecule is O=C(O)C(SS(=O)(=O)O)(S(=O)(=O)O)S(=O)(=O)O. The Kier molecular flexibility index (Phi) is 4.22. The monoisotopic (exact) mass is 332 g/mol. The molecule has 0 aromatic rings. The first-order valence-electron chi connectivity index (χ1n) is 3.00. The summed E-state index contributed by atoms with van der Waals surface area (Å²) >= 11 is 0. The van der Waals surface area contributed by atoms with Gasteiger partial charge in [-0.05, 0) is 0 Å². The Morgan fingerprint density at radius 3 is 1.24 bits per heavy atom. The Hall–Kier alpha value is -0.450. The Morgan fingerprint density at radius 2 is 1.18 bits per heavy atom. The average Bonchev–Trinajstić information content (AvgIpc) is 1.92. The number of carbonyl (C=O) groups is 1. The van der Waals surface area contributed by atoms with Crippen molar-refractivity contribution in [3.05, 3.63) is 0 Å². The van der Waals surface area contributed by atoms with Gasteiger partial charge in [-0.3, -0.25) is 13.7 Å². The van der Waals surface area contributed by atoms with Crippen LogP contribution < -0.4 is 0 Å². The van der Waals surface area contributed by atoms with Crippen molar-refractivity contribution in [2.75, 3.05) is 0 Å². The zero-order chi connectivity index (χ0) is 14.3. The van der Waals surface area contributed by atoms with Crippen LogP contribution in [-0.2, 0) is 34.2 Å². The lowest BCUT2D eigenvalue weighted by atomic mass is 10.8. The first kappa shape index (κ1) is 16.6. The predicted octanol–water partition coefficient (Wildman–Crippen LogP) is -1.96. The highest BCUT2D eigenvalue weighted by molar-refractivity contribution is 8.74. The summed E-state index contributed by atoms with van der Waals surface area (Å²) in [5.41, 5.74) is 0. The molecule has 0 rings (SSSR count). The molecule has 0 atom stereocenters. The zero-order valence-electron chi connectivity index (χ0n) is 7.28. The fourth-order valence-electron chi connectivity index (χ4n) is 0.614. The Morgan fingerprint density at radius 1 is 0.882 bits per heavy atom. The molecular formula is C2H4O11S4. The summed E-state index contributed by atoms with van der Waals surface area (Å²) in [4.78, 5) is 10.5. The molecule has 0 aromatic carbocycles. The van der Waals surface area contributed by atoms with Gasteiger partial charge in [-0.2, -0.15) is 25.3 Å². The third-order valence-electron chi connectivity index (χ3n) is 1.16. The van der Waals surface area contributed by atoms with Crippen molar-refractivity contribution in [3.63, 3.8) is 0 Å². The van der Waals surface area contributed by atoms with E-state index in [1.807, 2.05) is 0 Å². The van der Waals surface area contributed by atoms with Gasteiger partial charge in [0.2, 0.25) is 0 Å². The van der Waals surface area contributed by atoms with Crippen LogP contribution in [0.25, 0.3) is 0 Å². The van der Waals surface area contributed by atoms with E-state index in [4.69, 9.17) is 18.8 Å². The number of rotatable bonds is 5. The van der Waals surface area contributed by atoms with E-state index in [1.54, 1.807) is 0 Å². The van der Waals surface area contributed by atoms with Gasteiger partial charge in [0.1, 0.15) is 0 Å². The summed E-state index contributed by atoms with van der Waals surface area (Å²) in [5, 5.41) is 8.38. The number of aliphatic carboxylic acids is 1. The molecule has 0 aromatic heterocycles. The van der Waals surface area contributed by atoms with Gasteiger partial charge in [0, 0.05) is 0 Å². The Bertz CT molecular complexity index is 585. The highest BCUT2D eigenvalue weighted by atomic mass is 33.2. The van der Waals surface area contributed by atoms with Crippen LogP contribution in [0.1, 0.15) is 0 Å². The molecule has 102 valence electrons. The van der Waals surface area contributed by atoms with Gasteiger partial charge in [-0.25, -0.2) is 4.79 Å². The van der Waals surface area contributed by atoms with Crippen LogP contribution in [0.3, 0.4) is 0 Å². The standard InChI is InChI=1S/C2H4O11S4/c3-1(4)2(15(5,6)7,16(8,9)10)14-17(11,12)13/h(H,3,4)(H,5,6,7)(H,8,9,10)(H,11,12,13). The lowest BCUT2D eigenvalue weighted by Crippen LogP contribution is -2.50. The van der Waals surface area contributed by atoms with Gasteiger partial charge in [0.15, 0.2) is 0 Å². The second kappa shape index (κ2) is 4.34. The van der Waals surface area contributed by atoms with Crippen LogP contribution >= 0.6 is 10.8 Å². The summed E-state index contributed by atoms with van der Waals surface area (Å²) < 4.78 is 83.9. The van der Waals surface area contributed by atoms with Crippen LogP contribution in [0.4, 0.5) is 0 Å². The number of hydrogen-bond donors (Lipinski definition) is 4. The third kappa shape index (κ3) is 3.27. The molecule has 0 saturated heterocycles. The van der Waals surface area contributed by atoms with E-state index in [-0.39, 0.29) is 0 Å². The van der Waals surface area contributed by atoms with Gasteiger partial charge in [0.05, 0.1) is 10.8 Å². The summed E-state index contributed by atoms with van der Waals surface area (Å²) in [5.74, 6) is -2.93. The molecule has 0 saturated carbocycles. The summed E-state index contributed by atoms with van der Waals surface area (Å²) in [6, 6.07) is 0. The summed E-state index contributed by atoms with van der Waals surface area (Å²) in [7, 11) is -19.4. The molecule has 0 aliphatic rings. The van der Waals surface area contributed by atoms with Gasteiger partial charge in [-0.1, -0.05) is 0 Å². The Balaban J connectivity index is 6.50. The van der Waals surface area contributed by atoms with Crippen molar-refractivity contribution in [1.82, 2.24) is 0 Å². The first-order chi connectivity index (χ1) is 7.15. The second-order valence-electron chi connectivity index (χ2n) is 2.32. The molecule has 0 aliphatic heterocycles. The van der Waals surface area contributed by atoms with Crippen LogP contribution in [0, 0.1) is 0 Å². The van der Waals surface area contributed by atoms with E-state index in [0.29, 0.717) is 0 Å². The second-order valence-corrected chi connectivity index (χ2v) is 9.62. The van der Waals surface area contributed by atoms with Gasteiger partial charge < -0.3 is 5.11 Å². The molecule has 0 heterocycles. The van der Waals surface area contributed by atoms with E-state index in [1.165, 1.54) is 0 Å². The molecule has 17 heavy (non-hydrogen) atoms. The number of carboxylic acids is 1. The van der Waals surface area contributed by atoms with Crippen molar-refractivity contribution in [2.24, 2.45) is 0 Å². The van der Waals surface area contributed by atoms with Crippen molar-refractivity contribution >= 4 is 46.1 Å². The highest BCUT2D eigenvalue weighted by Crippen LogP contribution is 2.39. The van der Waals surface area contributed by atoms with Gasteiger partial charge >= 0.3 is 38.8 Å². The van der Waals surface area contributed by atoms with E-state index in [2.05, 4.69) is 0 Å². The summed E-state index contributed by atoms with van der Waals surface area (Å²) in [6.07, 6.45) is 0. The molecule has 11 nitrogen and oxygen atoms in total. The van der Waals surface area contributed by atoms with Gasteiger partial charge in [-0.15, -0.1) is 0 Å². The minimum Gasteiger partial charge on any atom is -0.478 e. The highest BCUT2D eigenvalue weighted by Gasteiger charge is 2.66. The largest absolute Gasteiger partial charge is 0.478 e. The maximum atomic E-state index is 10.7. The smallest absolute Gasteiger partial charge is 0.378 e. The van der Waals surface area contributed by atoms with Crippen LogP contribution in [-0.4, -0.2) is 53.4 Å². The average molecular weight is 332 g/mol. The Labute approximate surface area is 98.5 Å². The van der Waals surface area contributed by atoms with Gasteiger partial charge in [0.25, 0.3) is 0 Å². The topological polar surface area (TPSA) is 200 Å². The molecule has 0 spiro atoms. The van der Waals surface area contributed by atoms with E-state index in [9.17, 15) is 30.0 Å². The number of hydrogen-bond acceptors (Lipinski definition) is 8. The normalized spacial score (nSPS) is 14.5. The van der Waals surface area contributed by atoms with E-state index >= 15 is 0 Å². The van der Waals surface area contributed by atoms with Crippen molar-refractivity contribution in [3.8, 4) is 0 Å². The maximum Gasteiger partial charge on any atom is 0.378 e. The molecule has 0 fully saturated rings. The fourth-order valence-corrected chi connectivity index (χ4v) is 7.30. The zero-order valence-corrected chi connectivity index (χ0v) is 10.5. The maximum absolute atomic E-state index is 10.7. The number of carboxylic acid groups (broad SMARTS) is 1. The minimum absolute atomic E-state index is 1.58. The first-order valence-corrected chi connectivity index (χ1v) is 8.66. The van der Waals surface area contributed by atoms with Crippen LogP contribution in [0.15, 0.2) is 0 Å². The van der Waals surface area contributed by atoms with Crippen LogP contribution in [0.5, 0.6) is 0 Å². The molecule has 0 amide bonds. The quantitative estimate of drug-likeness (QED) is 0.320. The van der Waals surface area contributed by atoms with E-state index < -0.39 is 49.6 Å². The minimum atomic E-state index is -6.13. The predicted molar refractivity (Wildman–Crippen MR) is 52.6 cm³/mol. The molecule has 0 unspecified atom stereocenters. The molecule has 15 heteroatoms. The van der Waals surface area contributed by atoms with Crippen LogP contribution in [0.2, 0.25) is 0 Å².